The van der Waals surface area contributed by atoms with Gasteiger partial charge < -0.3 is 4.42 Å². The molecule has 246 valence electrons. The number of hydrogen-bond donors (Lipinski definition) is 0. The summed E-state index contributed by atoms with van der Waals surface area (Å²) in [6.45, 7) is 4.66. The third kappa shape index (κ3) is 4.79. The first-order chi connectivity index (χ1) is 25.5. The van der Waals surface area contributed by atoms with Gasteiger partial charge in [-0.3, -0.25) is 0 Å². The van der Waals surface area contributed by atoms with Gasteiger partial charge >= 0.3 is 0 Å². The molecule has 0 unspecified atom stereocenters. The number of furan rings is 1. The third-order valence-electron chi connectivity index (χ3n) is 10.5. The first-order valence-corrected chi connectivity index (χ1v) is 17.7. The first-order valence-electron chi connectivity index (χ1n) is 17.7. The van der Waals surface area contributed by atoms with Crippen LogP contribution in [0.3, 0.4) is 0 Å². The highest BCUT2D eigenvalue weighted by molar-refractivity contribution is 6.13. The van der Waals surface area contributed by atoms with Crippen molar-refractivity contribution in [2.24, 2.45) is 0 Å². The van der Waals surface area contributed by atoms with Crippen molar-refractivity contribution in [2.45, 2.75) is 19.3 Å². The van der Waals surface area contributed by atoms with E-state index in [1.807, 2.05) is 42.5 Å². The van der Waals surface area contributed by atoms with Gasteiger partial charge in [0, 0.05) is 32.9 Å². The van der Waals surface area contributed by atoms with Crippen LogP contribution in [0.4, 0.5) is 0 Å². The molecule has 2 aromatic heterocycles. The summed E-state index contributed by atoms with van der Waals surface area (Å²) in [4.78, 5) is 15.2. The summed E-state index contributed by atoms with van der Waals surface area (Å²) >= 11 is 0. The van der Waals surface area contributed by atoms with Crippen molar-refractivity contribution in [2.75, 3.05) is 0 Å². The molecule has 0 N–H and O–H groups in total. The third-order valence-corrected chi connectivity index (χ3v) is 10.5. The monoisotopic (exact) mass is 667 g/mol. The van der Waals surface area contributed by atoms with E-state index >= 15 is 0 Å². The molecular weight excluding hydrogens is 635 g/mol. The molecule has 0 radical (unpaired) electrons. The van der Waals surface area contributed by atoms with Crippen LogP contribution < -0.4 is 0 Å². The van der Waals surface area contributed by atoms with Crippen molar-refractivity contribution in [3.63, 3.8) is 0 Å². The van der Waals surface area contributed by atoms with Crippen molar-refractivity contribution in [3.8, 4) is 67.5 Å². The van der Waals surface area contributed by atoms with E-state index in [1.165, 1.54) is 27.8 Å². The summed E-state index contributed by atoms with van der Waals surface area (Å²) < 4.78 is 6.48. The molecule has 0 aliphatic heterocycles. The molecule has 9 aromatic rings. The Hall–Kier alpha value is -6.65. The summed E-state index contributed by atoms with van der Waals surface area (Å²) in [5, 5.41) is 2.16. The summed E-state index contributed by atoms with van der Waals surface area (Å²) in [6, 6.07) is 57.1. The van der Waals surface area contributed by atoms with E-state index in [9.17, 15) is 0 Å². The normalized spacial score (nSPS) is 13.0. The van der Waals surface area contributed by atoms with Crippen LogP contribution in [0.15, 0.2) is 168 Å². The molecule has 0 bridgehead atoms. The van der Waals surface area contributed by atoms with Gasteiger partial charge in [-0.1, -0.05) is 153 Å². The summed E-state index contributed by atoms with van der Waals surface area (Å²) in [5.74, 6) is 1.84. The Bertz CT molecular complexity index is 2820. The summed E-state index contributed by atoms with van der Waals surface area (Å²) in [6.07, 6.45) is 0. The van der Waals surface area contributed by atoms with Crippen LogP contribution >= 0.6 is 0 Å². The number of fused-ring (bicyclic) bond motifs is 6. The maximum Gasteiger partial charge on any atom is 0.164 e. The topological polar surface area (TPSA) is 51.8 Å². The van der Waals surface area contributed by atoms with Crippen LogP contribution in [-0.4, -0.2) is 15.0 Å². The van der Waals surface area contributed by atoms with Crippen LogP contribution in [0.25, 0.3) is 89.5 Å². The van der Waals surface area contributed by atoms with Gasteiger partial charge in [-0.2, -0.15) is 0 Å². The molecule has 0 spiro atoms. The zero-order valence-corrected chi connectivity index (χ0v) is 28.8. The molecule has 4 nitrogen and oxygen atoms in total. The Morgan fingerprint density at radius 3 is 1.75 bits per heavy atom. The van der Waals surface area contributed by atoms with E-state index in [4.69, 9.17) is 19.4 Å². The number of aromatic nitrogens is 3. The van der Waals surface area contributed by atoms with Crippen molar-refractivity contribution in [1.29, 1.82) is 0 Å². The van der Waals surface area contributed by atoms with Crippen molar-refractivity contribution < 1.29 is 4.42 Å². The Balaban J connectivity index is 1.11. The summed E-state index contributed by atoms with van der Waals surface area (Å²) in [5.41, 5.74) is 14.2. The van der Waals surface area contributed by atoms with Crippen LogP contribution in [0, 0.1) is 0 Å². The Morgan fingerprint density at radius 1 is 0.404 bits per heavy atom. The van der Waals surface area contributed by atoms with Gasteiger partial charge in [-0.25, -0.2) is 15.0 Å². The number of hydrogen-bond acceptors (Lipinski definition) is 4. The average molecular weight is 668 g/mol. The molecular formula is C48H33N3O. The molecule has 0 saturated heterocycles. The maximum absolute atomic E-state index is 6.48. The molecule has 0 amide bonds. The fourth-order valence-corrected chi connectivity index (χ4v) is 8.09. The second-order valence-electron chi connectivity index (χ2n) is 14.0. The molecule has 0 atom stereocenters. The number of benzene rings is 7. The van der Waals surface area contributed by atoms with Gasteiger partial charge in [0.1, 0.15) is 11.2 Å². The van der Waals surface area contributed by atoms with E-state index in [0.29, 0.717) is 17.5 Å². The second kappa shape index (κ2) is 11.7. The molecule has 1 aliphatic carbocycles. The largest absolute Gasteiger partial charge is 0.456 e. The van der Waals surface area contributed by atoms with Gasteiger partial charge in [0.05, 0.1) is 0 Å². The minimum Gasteiger partial charge on any atom is -0.456 e. The van der Waals surface area contributed by atoms with E-state index in [1.54, 1.807) is 0 Å². The smallest absolute Gasteiger partial charge is 0.164 e. The highest BCUT2D eigenvalue weighted by atomic mass is 16.3. The van der Waals surface area contributed by atoms with E-state index in [-0.39, 0.29) is 5.41 Å². The molecule has 7 aromatic carbocycles. The van der Waals surface area contributed by atoms with Gasteiger partial charge in [0.15, 0.2) is 17.5 Å². The Kier molecular flexibility index (Phi) is 6.80. The molecule has 1 aliphatic rings. The fourth-order valence-electron chi connectivity index (χ4n) is 8.09. The lowest BCUT2D eigenvalue weighted by Crippen LogP contribution is -2.16. The predicted octanol–water partition coefficient (Wildman–Crippen LogP) is 12.4. The highest BCUT2D eigenvalue weighted by Crippen LogP contribution is 2.52. The fraction of sp³-hybridized carbons (Fsp3) is 0.0625. The number of nitrogens with zero attached hydrogens (tertiary/aromatic N) is 3. The maximum atomic E-state index is 6.48. The number of rotatable bonds is 5. The lowest BCUT2D eigenvalue weighted by atomic mass is 9.79. The van der Waals surface area contributed by atoms with Crippen molar-refractivity contribution >= 4 is 21.9 Å². The minimum absolute atomic E-state index is 0.128. The SMILES string of the molecule is CC1(C)c2ccccc2-c2cccc(-c3cccc(-c4nc(-c5ccccc5)nc(-c5ccc6c(c5)oc5cccc(-c7ccccc7)c56)n4)c3)c21. The highest BCUT2D eigenvalue weighted by Gasteiger charge is 2.37. The molecule has 10 rings (SSSR count). The zero-order chi connectivity index (χ0) is 34.8. The van der Waals surface area contributed by atoms with E-state index < -0.39 is 0 Å². The van der Waals surface area contributed by atoms with Gasteiger partial charge in [-0.05, 0) is 68.8 Å². The molecule has 0 saturated carbocycles. The zero-order valence-electron chi connectivity index (χ0n) is 28.8. The van der Waals surface area contributed by atoms with E-state index in [0.717, 1.165) is 55.3 Å². The predicted molar refractivity (Wildman–Crippen MR) is 212 cm³/mol. The second-order valence-corrected chi connectivity index (χ2v) is 14.0. The van der Waals surface area contributed by atoms with Gasteiger partial charge in [0.25, 0.3) is 0 Å². The Morgan fingerprint density at radius 2 is 0.962 bits per heavy atom. The first kappa shape index (κ1) is 30.2. The molecule has 52 heavy (non-hydrogen) atoms. The van der Waals surface area contributed by atoms with E-state index in [2.05, 4.69) is 135 Å². The Labute approximate surface area is 302 Å². The average Bonchev–Trinajstić information content (AvgIpc) is 3.70. The van der Waals surface area contributed by atoms with Gasteiger partial charge in [0.2, 0.25) is 0 Å². The molecule has 4 heteroatoms. The lowest BCUT2D eigenvalue weighted by molar-refractivity contribution is 0.662. The van der Waals surface area contributed by atoms with Crippen LogP contribution in [0.2, 0.25) is 0 Å². The molecule has 0 fully saturated rings. The quantitative estimate of drug-likeness (QED) is 0.183. The van der Waals surface area contributed by atoms with Crippen LogP contribution in [0.5, 0.6) is 0 Å². The van der Waals surface area contributed by atoms with Crippen LogP contribution in [0.1, 0.15) is 25.0 Å². The van der Waals surface area contributed by atoms with Gasteiger partial charge in [-0.15, -0.1) is 0 Å². The standard InChI is InChI=1S/C48H33N3O/c1-48(2)40-24-10-9-20-37(40)38-23-12-22-36(44(38)48)32-18-11-19-33(28-32)46-49-45(31-16-7-4-8-17-31)50-47(51-46)34-26-27-39-42(29-34)52-41-25-13-21-35(43(39)41)30-14-5-3-6-15-30/h3-29H,1-2H3. The van der Waals surface area contributed by atoms with Crippen molar-refractivity contribution in [3.05, 3.63) is 175 Å². The lowest BCUT2D eigenvalue weighted by Gasteiger charge is -2.24. The molecule has 2 heterocycles. The van der Waals surface area contributed by atoms with Crippen LogP contribution in [-0.2, 0) is 5.41 Å². The summed E-state index contributed by atoms with van der Waals surface area (Å²) in [7, 11) is 0. The van der Waals surface area contributed by atoms with Crippen molar-refractivity contribution in [1.82, 2.24) is 15.0 Å². The minimum atomic E-state index is -0.128.